The van der Waals surface area contributed by atoms with Crippen molar-refractivity contribution >= 4 is 17.6 Å². The van der Waals surface area contributed by atoms with E-state index >= 15 is 0 Å². The zero-order valence-electron chi connectivity index (χ0n) is 14.7. The number of anilines is 1. The highest BCUT2D eigenvalue weighted by Crippen LogP contribution is 2.33. The number of nitro benzene ring substituents is 1. The zero-order valence-corrected chi connectivity index (χ0v) is 14.7. The Morgan fingerprint density at radius 3 is 2.82 bits per heavy atom. The van der Waals surface area contributed by atoms with E-state index in [-0.39, 0.29) is 24.1 Å². The minimum absolute atomic E-state index is 0.0935. The molecule has 28 heavy (non-hydrogen) atoms. The van der Waals surface area contributed by atoms with E-state index in [1.165, 1.54) is 18.2 Å². The summed E-state index contributed by atoms with van der Waals surface area (Å²) in [7, 11) is 0. The number of rotatable bonds is 5. The van der Waals surface area contributed by atoms with Crippen LogP contribution in [0.15, 0.2) is 40.8 Å². The summed E-state index contributed by atoms with van der Waals surface area (Å²) in [5.41, 5.74) is 1.32. The maximum atomic E-state index is 12.3. The fraction of sp³-hybridized carbons (Fsp3) is 0.167. The van der Waals surface area contributed by atoms with Gasteiger partial charge >= 0.3 is 6.01 Å². The summed E-state index contributed by atoms with van der Waals surface area (Å²) < 4.78 is 16.0. The van der Waals surface area contributed by atoms with Gasteiger partial charge in [-0.1, -0.05) is 17.2 Å². The third-order valence-electron chi connectivity index (χ3n) is 4.15. The number of aromatic nitrogens is 2. The van der Waals surface area contributed by atoms with Gasteiger partial charge in [0.2, 0.25) is 12.7 Å². The van der Waals surface area contributed by atoms with E-state index in [0.29, 0.717) is 29.4 Å². The largest absolute Gasteiger partial charge is 0.454 e. The summed E-state index contributed by atoms with van der Waals surface area (Å²) >= 11 is 0. The van der Waals surface area contributed by atoms with Crippen molar-refractivity contribution in [3.8, 4) is 11.5 Å². The molecular formula is C18H14N4O6. The van der Waals surface area contributed by atoms with E-state index in [1.807, 2.05) is 12.1 Å². The van der Waals surface area contributed by atoms with Crippen LogP contribution in [0.4, 0.5) is 11.7 Å². The fourth-order valence-corrected chi connectivity index (χ4v) is 2.72. The fourth-order valence-electron chi connectivity index (χ4n) is 2.72. The van der Waals surface area contributed by atoms with E-state index in [0.717, 1.165) is 5.56 Å². The van der Waals surface area contributed by atoms with Crippen molar-refractivity contribution in [3.63, 3.8) is 0 Å². The second-order valence-corrected chi connectivity index (χ2v) is 6.08. The van der Waals surface area contributed by atoms with Crippen molar-refractivity contribution in [1.29, 1.82) is 0 Å². The molecule has 0 radical (unpaired) electrons. The molecule has 1 aliphatic rings. The van der Waals surface area contributed by atoms with Gasteiger partial charge in [0.05, 0.1) is 11.3 Å². The lowest BCUT2D eigenvalue weighted by molar-refractivity contribution is -0.385. The van der Waals surface area contributed by atoms with Gasteiger partial charge < -0.3 is 13.9 Å². The molecule has 0 bridgehead atoms. The van der Waals surface area contributed by atoms with Crippen molar-refractivity contribution in [2.24, 2.45) is 0 Å². The second kappa shape index (κ2) is 6.99. The molecule has 1 N–H and O–H groups in total. The van der Waals surface area contributed by atoms with Gasteiger partial charge in [-0.2, -0.15) is 0 Å². The summed E-state index contributed by atoms with van der Waals surface area (Å²) in [5, 5.41) is 21.2. The van der Waals surface area contributed by atoms with Crippen molar-refractivity contribution in [3.05, 3.63) is 69.1 Å². The van der Waals surface area contributed by atoms with Gasteiger partial charge in [-0.05, 0) is 30.7 Å². The molecule has 0 saturated carbocycles. The molecule has 0 unspecified atom stereocenters. The number of amides is 1. The molecule has 0 atom stereocenters. The van der Waals surface area contributed by atoms with E-state index < -0.39 is 10.8 Å². The molecule has 2 aromatic carbocycles. The molecule has 1 aromatic heterocycles. The normalized spacial score (nSPS) is 12.0. The Morgan fingerprint density at radius 2 is 2.00 bits per heavy atom. The van der Waals surface area contributed by atoms with Gasteiger partial charge in [-0.15, -0.1) is 5.10 Å². The van der Waals surface area contributed by atoms with E-state index in [4.69, 9.17) is 13.9 Å². The van der Waals surface area contributed by atoms with Crippen molar-refractivity contribution < 1.29 is 23.6 Å². The van der Waals surface area contributed by atoms with Gasteiger partial charge in [0, 0.05) is 17.2 Å². The lowest BCUT2D eigenvalue weighted by Crippen LogP contribution is -2.12. The monoisotopic (exact) mass is 382 g/mol. The minimum Gasteiger partial charge on any atom is -0.454 e. The molecule has 3 aromatic rings. The number of carbonyl (C=O) groups is 1. The first-order valence-electron chi connectivity index (χ1n) is 8.27. The second-order valence-electron chi connectivity index (χ2n) is 6.08. The third-order valence-corrected chi connectivity index (χ3v) is 4.15. The predicted molar refractivity (Wildman–Crippen MR) is 95.5 cm³/mol. The Bertz CT molecular complexity index is 1080. The highest BCUT2D eigenvalue weighted by molar-refractivity contribution is 6.03. The Balaban J connectivity index is 1.45. The lowest BCUT2D eigenvalue weighted by Gasteiger charge is -2.02. The van der Waals surface area contributed by atoms with E-state index in [1.54, 1.807) is 13.0 Å². The van der Waals surface area contributed by atoms with Gasteiger partial charge in [-0.3, -0.25) is 20.2 Å². The first kappa shape index (κ1) is 17.5. The molecule has 2 heterocycles. The highest BCUT2D eigenvalue weighted by Gasteiger charge is 2.18. The molecule has 0 spiro atoms. The standard InChI is InChI=1S/C18H14N4O6/c1-10-2-4-12(8-13(10)22(24)25)17(23)19-18-21-20-16(28-18)7-11-3-5-14-15(6-11)27-9-26-14/h2-6,8H,7,9H2,1H3,(H,19,21,23). The first-order valence-corrected chi connectivity index (χ1v) is 8.27. The number of benzene rings is 2. The number of nitrogens with zero attached hydrogens (tertiary/aromatic N) is 3. The van der Waals surface area contributed by atoms with Crippen LogP contribution in [0.2, 0.25) is 0 Å². The number of aryl methyl sites for hydroxylation is 1. The number of nitro groups is 1. The number of fused-ring (bicyclic) bond motifs is 1. The summed E-state index contributed by atoms with van der Waals surface area (Å²) in [6.45, 7) is 1.78. The average molecular weight is 382 g/mol. The molecule has 0 fully saturated rings. The Hall–Kier alpha value is -3.95. The van der Waals surface area contributed by atoms with Crippen LogP contribution in [0.5, 0.6) is 11.5 Å². The van der Waals surface area contributed by atoms with Crippen LogP contribution in [-0.4, -0.2) is 27.8 Å². The summed E-state index contributed by atoms with van der Waals surface area (Å²) in [4.78, 5) is 22.8. The smallest absolute Gasteiger partial charge is 0.322 e. The maximum Gasteiger partial charge on any atom is 0.322 e. The van der Waals surface area contributed by atoms with Crippen LogP contribution in [0.3, 0.4) is 0 Å². The minimum atomic E-state index is -0.582. The Labute approximate surface area is 158 Å². The average Bonchev–Trinajstić information content (AvgIpc) is 3.30. The van der Waals surface area contributed by atoms with Crippen LogP contribution < -0.4 is 14.8 Å². The number of ether oxygens (including phenoxy) is 2. The molecule has 142 valence electrons. The van der Waals surface area contributed by atoms with E-state index in [9.17, 15) is 14.9 Å². The molecule has 1 aliphatic heterocycles. The first-order chi connectivity index (χ1) is 13.5. The van der Waals surface area contributed by atoms with Crippen LogP contribution in [0.25, 0.3) is 0 Å². The molecule has 10 nitrogen and oxygen atoms in total. The summed E-state index contributed by atoms with van der Waals surface area (Å²) in [6, 6.07) is 9.56. The summed E-state index contributed by atoms with van der Waals surface area (Å²) in [5.74, 6) is 1.03. The molecule has 4 rings (SSSR count). The molecule has 1 amide bonds. The predicted octanol–water partition coefficient (Wildman–Crippen LogP) is 2.86. The van der Waals surface area contributed by atoms with Crippen LogP contribution in [-0.2, 0) is 6.42 Å². The summed E-state index contributed by atoms with van der Waals surface area (Å²) in [6.07, 6.45) is 0.343. The Kier molecular flexibility index (Phi) is 4.36. The SMILES string of the molecule is Cc1ccc(C(=O)Nc2nnc(Cc3ccc4c(c3)OCO4)o2)cc1[N+](=O)[O-]. The van der Waals surface area contributed by atoms with Crippen molar-refractivity contribution in [2.75, 3.05) is 12.1 Å². The number of nitrogens with one attached hydrogen (secondary N) is 1. The molecular weight excluding hydrogens is 368 g/mol. The molecule has 0 saturated heterocycles. The maximum absolute atomic E-state index is 12.3. The highest BCUT2D eigenvalue weighted by atomic mass is 16.7. The van der Waals surface area contributed by atoms with E-state index in [2.05, 4.69) is 15.5 Å². The number of hydrogen-bond donors (Lipinski definition) is 1. The quantitative estimate of drug-likeness (QED) is 0.527. The Morgan fingerprint density at radius 1 is 1.18 bits per heavy atom. The third kappa shape index (κ3) is 3.47. The van der Waals surface area contributed by atoms with Crippen LogP contribution in [0.1, 0.15) is 27.4 Å². The van der Waals surface area contributed by atoms with Crippen LogP contribution >= 0.6 is 0 Å². The van der Waals surface area contributed by atoms with Gasteiger partial charge in [0.1, 0.15) is 0 Å². The van der Waals surface area contributed by atoms with Gasteiger partial charge in [0.25, 0.3) is 11.6 Å². The van der Waals surface area contributed by atoms with Crippen LogP contribution in [0, 0.1) is 17.0 Å². The van der Waals surface area contributed by atoms with Gasteiger partial charge in [-0.25, -0.2) is 0 Å². The van der Waals surface area contributed by atoms with Gasteiger partial charge in [0.15, 0.2) is 11.5 Å². The zero-order chi connectivity index (χ0) is 19.7. The lowest BCUT2D eigenvalue weighted by atomic mass is 10.1. The molecule has 10 heteroatoms. The topological polar surface area (TPSA) is 130 Å². The van der Waals surface area contributed by atoms with Crippen molar-refractivity contribution in [1.82, 2.24) is 10.2 Å². The molecule has 0 aliphatic carbocycles. The van der Waals surface area contributed by atoms with Crippen molar-refractivity contribution in [2.45, 2.75) is 13.3 Å². The number of carbonyl (C=O) groups excluding carboxylic acids is 1. The number of hydrogen-bond acceptors (Lipinski definition) is 8.